The first-order valence-corrected chi connectivity index (χ1v) is 15.7. The Labute approximate surface area is 256 Å². The fourth-order valence-corrected chi connectivity index (χ4v) is 5.83. The second kappa shape index (κ2) is 15.8. The van der Waals surface area contributed by atoms with E-state index in [2.05, 4.69) is 25.2 Å². The zero-order chi connectivity index (χ0) is 31.7. The molecule has 238 valence electrons. The maximum Gasteiger partial charge on any atom is 0.401 e. The van der Waals surface area contributed by atoms with Gasteiger partial charge in [0.15, 0.2) is 0 Å². The third kappa shape index (κ3) is 9.87. The van der Waals surface area contributed by atoms with E-state index in [1.807, 2.05) is 55.1 Å². The van der Waals surface area contributed by atoms with Gasteiger partial charge in [0.1, 0.15) is 12.0 Å². The molecule has 1 aliphatic heterocycles. The third-order valence-electron chi connectivity index (χ3n) is 6.98. The van der Waals surface area contributed by atoms with Crippen molar-refractivity contribution in [3.8, 4) is 0 Å². The van der Waals surface area contributed by atoms with Crippen LogP contribution in [0, 0.1) is 6.92 Å². The number of piperazine rings is 1. The van der Waals surface area contributed by atoms with Crippen molar-refractivity contribution in [2.24, 2.45) is 7.05 Å². The minimum absolute atomic E-state index is 0.0446. The van der Waals surface area contributed by atoms with Crippen molar-refractivity contribution >= 4 is 34.0 Å². The van der Waals surface area contributed by atoms with Gasteiger partial charge in [-0.1, -0.05) is 50.2 Å². The van der Waals surface area contributed by atoms with E-state index in [4.69, 9.17) is 4.74 Å². The molecule has 1 unspecified atom stereocenters. The molecule has 0 amide bonds. The molecular weight excluding hydrogens is 580 g/mol. The Morgan fingerprint density at radius 3 is 2.30 bits per heavy atom. The van der Waals surface area contributed by atoms with Crippen LogP contribution >= 0.6 is 11.8 Å². The smallest absolute Gasteiger partial charge is 0.378 e. The largest absolute Gasteiger partial charge is 0.401 e. The zero-order valence-electron chi connectivity index (χ0n) is 25.9. The van der Waals surface area contributed by atoms with Gasteiger partial charge < -0.3 is 15.0 Å². The minimum atomic E-state index is -4.23. The lowest BCUT2D eigenvalue weighted by molar-refractivity contribution is -0.146. The quantitative estimate of drug-likeness (QED) is 0.109. The van der Waals surface area contributed by atoms with Gasteiger partial charge in [0.25, 0.3) is 5.56 Å². The van der Waals surface area contributed by atoms with Crippen LogP contribution in [0.4, 0.5) is 29.1 Å². The Hall–Kier alpha value is -2.76. The first kappa shape index (κ1) is 34.7. The van der Waals surface area contributed by atoms with Gasteiger partial charge in [0.05, 0.1) is 19.1 Å². The Bertz CT molecular complexity index is 1390. The number of fused-ring (bicyclic) bond motifs is 1. The molecule has 6 nitrogen and oxygen atoms in total. The fourth-order valence-electron chi connectivity index (χ4n) is 5.06. The van der Waals surface area contributed by atoms with Crippen LogP contribution in [-0.2, 0) is 11.8 Å². The Morgan fingerprint density at radius 2 is 1.67 bits per heavy atom. The maximum atomic E-state index is 13.5. The van der Waals surface area contributed by atoms with E-state index in [9.17, 15) is 22.4 Å². The number of hydrogen-bond acceptors (Lipinski definition) is 6. The number of para-hydroxylation sites is 1. The molecule has 4 rings (SSSR count). The summed E-state index contributed by atoms with van der Waals surface area (Å²) in [5.74, 6) is 1.02. The molecule has 2 atom stereocenters. The summed E-state index contributed by atoms with van der Waals surface area (Å²) in [7, 11) is 1.71. The molecule has 0 spiro atoms. The van der Waals surface area contributed by atoms with Crippen molar-refractivity contribution in [3.05, 3.63) is 63.9 Å². The van der Waals surface area contributed by atoms with Crippen LogP contribution < -0.4 is 15.8 Å². The SMILES string of the molecule is CCC.Cc1cc([C@@H](C)Nc2ccccc2SCOCC(C)F)c2cc(N3CCN(CC(F)(F)F)CC3)n(C)c(=O)c2c1. The van der Waals surface area contributed by atoms with Gasteiger partial charge in [-0.15, -0.1) is 0 Å². The van der Waals surface area contributed by atoms with Crippen LogP contribution in [0.2, 0.25) is 0 Å². The van der Waals surface area contributed by atoms with E-state index in [0.717, 1.165) is 27.1 Å². The number of halogens is 4. The van der Waals surface area contributed by atoms with Crippen molar-refractivity contribution in [1.29, 1.82) is 0 Å². The molecule has 2 aromatic carbocycles. The van der Waals surface area contributed by atoms with Crippen LogP contribution in [0.15, 0.2) is 52.2 Å². The lowest BCUT2D eigenvalue weighted by Gasteiger charge is -2.37. The number of benzene rings is 2. The van der Waals surface area contributed by atoms with Gasteiger partial charge in [-0.2, -0.15) is 13.2 Å². The average molecular weight is 625 g/mol. The van der Waals surface area contributed by atoms with E-state index in [0.29, 0.717) is 30.2 Å². The minimum Gasteiger partial charge on any atom is -0.378 e. The number of thioether (sulfide) groups is 1. The second-order valence-electron chi connectivity index (χ2n) is 11.0. The molecule has 1 aliphatic rings. The summed E-state index contributed by atoms with van der Waals surface area (Å²) in [5, 5.41) is 4.98. The topological polar surface area (TPSA) is 49.7 Å². The van der Waals surface area contributed by atoms with E-state index in [1.54, 1.807) is 11.6 Å². The van der Waals surface area contributed by atoms with E-state index < -0.39 is 18.9 Å². The summed E-state index contributed by atoms with van der Waals surface area (Å²) < 4.78 is 58.7. The number of hydrogen-bond donors (Lipinski definition) is 1. The lowest BCUT2D eigenvalue weighted by atomic mass is 9.97. The van der Waals surface area contributed by atoms with Crippen molar-refractivity contribution in [1.82, 2.24) is 9.47 Å². The second-order valence-corrected chi connectivity index (χ2v) is 12.0. The van der Waals surface area contributed by atoms with E-state index in [1.165, 1.54) is 30.0 Å². The molecule has 1 N–H and O–H groups in total. The van der Waals surface area contributed by atoms with Crippen LogP contribution in [-0.4, -0.2) is 67.1 Å². The molecule has 1 saturated heterocycles. The Kier molecular flexibility index (Phi) is 12.8. The fraction of sp³-hybridized carbons (Fsp3) is 0.531. The van der Waals surface area contributed by atoms with Gasteiger partial charge in [0, 0.05) is 55.2 Å². The number of pyridine rings is 1. The number of aryl methyl sites for hydroxylation is 1. The highest BCUT2D eigenvalue weighted by molar-refractivity contribution is 7.99. The van der Waals surface area contributed by atoms with Crippen molar-refractivity contribution in [2.45, 2.75) is 64.3 Å². The van der Waals surface area contributed by atoms with Crippen molar-refractivity contribution < 1.29 is 22.3 Å². The number of alkyl halides is 4. The van der Waals surface area contributed by atoms with Crippen LogP contribution in [0.3, 0.4) is 0 Å². The summed E-state index contributed by atoms with van der Waals surface area (Å²) >= 11 is 1.48. The maximum absolute atomic E-state index is 13.5. The lowest BCUT2D eigenvalue weighted by Crippen LogP contribution is -2.50. The summed E-state index contributed by atoms with van der Waals surface area (Å²) in [4.78, 5) is 17.8. The number of anilines is 2. The molecule has 43 heavy (non-hydrogen) atoms. The molecule has 0 radical (unpaired) electrons. The Morgan fingerprint density at radius 1 is 1.02 bits per heavy atom. The van der Waals surface area contributed by atoms with E-state index >= 15 is 0 Å². The van der Waals surface area contributed by atoms with Gasteiger partial charge >= 0.3 is 6.18 Å². The molecule has 0 saturated carbocycles. The first-order chi connectivity index (χ1) is 20.3. The standard InChI is InChI=1S/C29H36F4N4O2S.C3H8/c1-19-13-22(21(3)34-25-7-5-6-8-26(25)40-18-39-16-20(2)30)23-15-27(35(4)28(38)24(23)14-19)37-11-9-36(10-12-37)17-29(31,32)33;1-3-2/h5-8,13-15,20-21,34H,9-12,16-18H2,1-4H3;3H2,1-2H3/t20?,21-;/m1./s1. The normalized spacial score (nSPS) is 15.6. The highest BCUT2D eigenvalue weighted by Gasteiger charge is 2.32. The number of rotatable bonds is 10. The third-order valence-corrected chi connectivity index (χ3v) is 7.93. The van der Waals surface area contributed by atoms with Gasteiger partial charge in [0.2, 0.25) is 0 Å². The summed E-state index contributed by atoms with van der Waals surface area (Å²) in [6.45, 7) is 10.2. The zero-order valence-corrected chi connectivity index (χ0v) is 26.7. The Balaban J connectivity index is 0.00000162. The molecule has 0 aliphatic carbocycles. The molecule has 2 heterocycles. The molecule has 1 aromatic heterocycles. The van der Waals surface area contributed by atoms with Gasteiger partial charge in [-0.3, -0.25) is 14.3 Å². The van der Waals surface area contributed by atoms with Crippen LogP contribution in [0.1, 0.15) is 51.3 Å². The molecule has 11 heteroatoms. The number of nitrogens with one attached hydrogen (secondary N) is 1. The van der Waals surface area contributed by atoms with Crippen LogP contribution in [0.5, 0.6) is 0 Å². The highest BCUT2D eigenvalue weighted by atomic mass is 32.2. The van der Waals surface area contributed by atoms with Crippen molar-refractivity contribution in [2.75, 3.05) is 55.5 Å². The predicted molar refractivity (Wildman–Crippen MR) is 170 cm³/mol. The summed E-state index contributed by atoms with van der Waals surface area (Å²) in [5.41, 5.74) is 2.67. The molecule has 3 aromatic rings. The van der Waals surface area contributed by atoms with E-state index in [-0.39, 0.29) is 31.3 Å². The van der Waals surface area contributed by atoms with Crippen LogP contribution in [0.25, 0.3) is 10.8 Å². The monoisotopic (exact) mass is 624 g/mol. The molecule has 0 bridgehead atoms. The first-order valence-electron chi connectivity index (χ1n) is 14.7. The molecule has 1 fully saturated rings. The number of aromatic nitrogens is 1. The highest BCUT2D eigenvalue weighted by Crippen LogP contribution is 2.33. The predicted octanol–water partition coefficient (Wildman–Crippen LogP) is 7.54. The average Bonchev–Trinajstić information content (AvgIpc) is 2.94. The number of nitrogens with zero attached hydrogens (tertiary/aromatic N) is 3. The van der Waals surface area contributed by atoms with Crippen molar-refractivity contribution in [3.63, 3.8) is 0 Å². The molecular formula is C32H44F4N4O2S. The summed E-state index contributed by atoms with van der Waals surface area (Å²) in [6, 6.07) is 13.6. The van der Waals surface area contributed by atoms with Gasteiger partial charge in [-0.25, -0.2) is 4.39 Å². The van der Waals surface area contributed by atoms with Gasteiger partial charge in [-0.05, 0) is 61.5 Å². The summed E-state index contributed by atoms with van der Waals surface area (Å²) in [6.07, 6.45) is -4.00. The number of ether oxygens (including phenoxy) is 1.